The van der Waals surface area contributed by atoms with E-state index in [0.717, 1.165) is 19.4 Å². The topological polar surface area (TPSA) is 58.4 Å². The van der Waals surface area contributed by atoms with Crippen molar-refractivity contribution in [2.45, 2.75) is 18.9 Å². The third-order valence-corrected chi connectivity index (χ3v) is 1.79. The average Bonchev–Trinajstić information content (AvgIpc) is 1.96. The lowest BCUT2D eigenvalue weighted by molar-refractivity contribution is -0.120. The van der Waals surface area contributed by atoms with E-state index in [4.69, 9.17) is 5.73 Å². The van der Waals surface area contributed by atoms with Crippen LogP contribution in [0.3, 0.4) is 0 Å². The van der Waals surface area contributed by atoms with Gasteiger partial charge < -0.3 is 16.0 Å². The van der Waals surface area contributed by atoms with Crippen LogP contribution < -0.4 is 11.1 Å². The standard InChI is InChI=1S/C8H19N3O/c1-10-7(8(9)12)5-4-6-11(2)3/h7,10H,4-6H2,1-3H3,(H2,9,12). The Hall–Kier alpha value is -0.610. The number of nitrogens with zero attached hydrogens (tertiary/aromatic N) is 1. The Balaban J connectivity index is 3.52. The number of hydrogen-bond donors (Lipinski definition) is 2. The normalized spacial score (nSPS) is 13.3. The number of nitrogens with two attached hydrogens (primary N) is 1. The van der Waals surface area contributed by atoms with Crippen LogP contribution in [0.15, 0.2) is 0 Å². The van der Waals surface area contributed by atoms with E-state index in [1.165, 1.54) is 0 Å². The van der Waals surface area contributed by atoms with Crippen LogP contribution >= 0.6 is 0 Å². The van der Waals surface area contributed by atoms with E-state index in [1.54, 1.807) is 7.05 Å². The lowest BCUT2D eigenvalue weighted by atomic mass is 10.1. The third kappa shape index (κ3) is 5.09. The van der Waals surface area contributed by atoms with Gasteiger partial charge in [0.25, 0.3) is 0 Å². The van der Waals surface area contributed by atoms with E-state index in [2.05, 4.69) is 10.2 Å². The van der Waals surface area contributed by atoms with Crippen LogP contribution in [0.1, 0.15) is 12.8 Å². The molecule has 0 aromatic carbocycles. The quantitative estimate of drug-likeness (QED) is 0.564. The molecule has 0 saturated heterocycles. The van der Waals surface area contributed by atoms with Gasteiger partial charge in [0, 0.05) is 0 Å². The lowest BCUT2D eigenvalue weighted by Crippen LogP contribution is -2.39. The molecule has 12 heavy (non-hydrogen) atoms. The summed E-state index contributed by atoms with van der Waals surface area (Å²) in [6.45, 7) is 0.992. The van der Waals surface area contributed by atoms with E-state index in [-0.39, 0.29) is 11.9 Å². The first-order valence-electron chi connectivity index (χ1n) is 4.19. The first kappa shape index (κ1) is 11.4. The maximum absolute atomic E-state index is 10.8. The number of nitrogens with one attached hydrogen (secondary N) is 1. The molecule has 0 fully saturated rings. The first-order valence-corrected chi connectivity index (χ1v) is 4.19. The largest absolute Gasteiger partial charge is 0.368 e. The highest BCUT2D eigenvalue weighted by molar-refractivity contribution is 5.79. The lowest BCUT2D eigenvalue weighted by Gasteiger charge is -2.13. The molecule has 0 aromatic heterocycles. The molecule has 72 valence electrons. The number of primary amides is 1. The number of amides is 1. The van der Waals surface area contributed by atoms with E-state index >= 15 is 0 Å². The van der Waals surface area contributed by atoms with E-state index < -0.39 is 0 Å². The zero-order valence-electron chi connectivity index (χ0n) is 8.13. The molecular formula is C8H19N3O. The Kier molecular flexibility index (Phi) is 5.66. The molecule has 4 nitrogen and oxygen atoms in total. The third-order valence-electron chi connectivity index (χ3n) is 1.79. The van der Waals surface area contributed by atoms with Gasteiger partial charge in [-0.1, -0.05) is 0 Å². The molecule has 1 unspecified atom stereocenters. The van der Waals surface area contributed by atoms with Crippen molar-refractivity contribution >= 4 is 5.91 Å². The van der Waals surface area contributed by atoms with E-state index in [0.29, 0.717) is 0 Å². The maximum Gasteiger partial charge on any atom is 0.234 e. The molecule has 0 aromatic rings. The van der Waals surface area contributed by atoms with Gasteiger partial charge >= 0.3 is 0 Å². The van der Waals surface area contributed by atoms with Crippen molar-refractivity contribution in [3.05, 3.63) is 0 Å². The van der Waals surface area contributed by atoms with Crippen molar-refractivity contribution < 1.29 is 4.79 Å². The van der Waals surface area contributed by atoms with Crippen LogP contribution in [0.4, 0.5) is 0 Å². The summed E-state index contributed by atoms with van der Waals surface area (Å²) in [4.78, 5) is 12.8. The van der Waals surface area contributed by atoms with Gasteiger partial charge in [-0.3, -0.25) is 4.79 Å². The summed E-state index contributed by atoms with van der Waals surface area (Å²) < 4.78 is 0. The van der Waals surface area contributed by atoms with Gasteiger partial charge in [-0.25, -0.2) is 0 Å². The van der Waals surface area contributed by atoms with Crippen molar-refractivity contribution in [3.63, 3.8) is 0 Å². The minimum atomic E-state index is -0.267. The molecule has 0 aliphatic heterocycles. The first-order chi connectivity index (χ1) is 5.57. The Morgan fingerprint density at radius 3 is 2.50 bits per heavy atom. The SMILES string of the molecule is CNC(CCCN(C)C)C(N)=O. The molecule has 0 heterocycles. The van der Waals surface area contributed by atoms with Gasteiger partial charge in [-0.15, -0.1) is 0 Å². The van der Waals surface area contributed by atoms with Crippen LogP contribution in [-0.2, 0) is 4.79 Å². The zero-order chi connectivity index (χ0) is 9.56. The van der Waals surface area contributed by atoms with Gasteiger partial charge in [-0.05, 0) is 40.5 Å². The fourth-order valence-electron chi connectivity index (χ4n) is 1.04. The van der Waals surface area contributed by atoms with Crippen LogP contribution in [-0.4, -0.2) is 44.5 Å². The predicted molar refractivity (Wildman–Crippen MR) is 49.8 cm³/mol. The van der Waals surface area contributed by atoms with Gasteiger partial charge in [0.1, 0.15) is 0 Å². The number of likely N-dealkylation sites (N-methyl/N-ethyl adjacent to an activating group) is 1. The molecule has 0 aliphatic rings. The predicted octanol–water partition coefficient (Wildman–Crippen LogP) is -0.598. The summed E-state index contributed by atoms with van der Waals surface area (Å²) in [5, 5.41) is 2.88. The Morgan fingerprint density at radius 1 is 1.58 bits per heavy atom. The Bertz CT molecular complexity index is 136. The van der Waals surface area contributed by atoms with Crippen molar-refractivity contribution in [3.8, 4) is 0 Å². The highest BCUT2D eigenvalue weighted by atomic mass is 16.1. The molecular weight excluding hydrogens is 154 g/mol. The number of carbonyl (C=O) groups is 1. The van der Waals surface area contributed by atoms with E-state index in [9.17, 15) is 4.79 Å². The summed E-state index contributed by atoms with van der Waals surface area (Å²) in [5.74, 6) is -0.267. The second-order valence-electron chi connectivity index (χ2n) is 3.19. The molecule has 1 atom stereocenters. The molecule has 0 saturated carbocycles. The van der Waals surface area contributed by atoms with Gasteiger partial charge in [0.05, 0.1) is 6.04 Å². The smallest absolute Gasteiger partial charge is 0.234 e. The molecule has 0 radical (unpaired) electrons. The summed E-state index contributed by atoms with van der Waals surface area (Å²) in [6, 6.07) is -0.176. The van der Waals surface area contributed by atoms with Crippen LogP contribution in [0.25, 0.3) is 0 Å². The number of hydrogen-bond acceptors (Lipinski definition) is 3. The maximum atomic E-state index is 10.8. The minimum absolute atomic E-state index is 0.176. The molecule has 0 rings (SSSR count). The van der Waals surface area contributed by atoms with Gasteiger partial charge in [0.15, 0.2) is 0 Å². The molecule has 0 spiro atoms. The summed E-state index contributed by atoms with van der Waals surface area (Å²) in [5.41, 5.74) is 5.15. The number of rotatable bonds is 6. The average molecular weight is 173 g/mol. The Morgan fingerprint density at radius 2 is 2.17 bits per heavy atom. The summed E-state index contributed by atoms with van der Waals surface area (Å²) >= 11 is 0. The fourth-order valence-corrected chi connectivity index (χ4v) is 1.04. The Labute approximate surface area is 74.1 Å². The summed E-state index contributed by atoms with van der Waals surface area (Å²) in [6.07, 6.45) is 1.80. The van der Waals surface area contributed by atoms with E-state index in [1.807, 2.05) is 14.1 Å². The molecule has 1 amide bonds. The highest BCUT2D eigenvalue weighted by Crippen LogP contribution is 1.96. The van der Waals surface area contributed by atoms with Crippen molar-refractivity contribution in [1.29, 1.82) is 0 Å². The summed E-state index contributed by atoms with van der Waals surface area (Å²) in [7, 11) is 5.78. The van der Waals surface area contributed by atoms with Crippen molar-refractivity contribution in [2.75, 3.05) is 27.7 Å². The second kappa shape index (κ2) is 5.97. The monoisotopic (exact) mass is 173 g/mol. The zero-order valence-corrected chi connectivity index (χ0v) is 8.13. The van der Waals surface area contributed by atoms with Crippen LogP contribution in [0.2, 0.25) is 0 Å². The highest BCUT2D eigenvalue weighted by Gasteiger charge is 2.11. The second-order valence-corrected chi connectivity index (χ2v) is 3.19. The van der Waals surface area contributed by atoms with Crippen molar-refractivity contribution in [1.82, 2.24) is 10.2 Å². The molecule has 0 bridgehead atoms. The molecule has 3 N–H and O–H groups in total. The number of carbonyl (C=O) groups excluding carboxylic acids is 1. The van der Waals surface area contributed by atoms with Crippen LogP contribution in [0.5, 0.6) is 0 Å². The van der Waals surface area contributed by atoms with Gasteiger partial charge in [0.2, 0.25) is 5.91 Å². The fraction of sp³-hybridized carbons (Fsp3) is 0.875. The van der Waals surface area contributed by atoms with Crippen LogP contribution in [0, 0.1) is 0 Å². The molecule has 0 aliphatic carbocycles. The minimum Gasteiger partial charge on any atom is -0.368 e. The van der Waals surface area contributed by atoms with Crippen molar-refractivity contribution in [2.24, 2.45) is 5.73 Å². The molecule has 4 heteroatoms. The van der Waals surface area contributed by atoms with Gasteiger partial charge in [-0.2, -0.15) is 0 Å².